The maximum Gasteiger partial charge on any atom is 0.254 e. The molecule has 0 aliphatic heterocycles. The third-order valence-corrected chi connectivity index (χ3v) is 2.19. The molecular formula is C11H9N5O. The summed E-state index contributed by atoms with van der Waals surface area (Å²) in [6.45, 7) is 0. The molecule has 0 unspecified atom stereocenters. The molecule has 2 rings (SSSR count). The smallest absolute Gasteiger partial charge is 0.254 e. The first-order valence-electron chi connectivity index (χ1n) is 4.81. The van der Waals surface area contributed by atoms with E-state index in [9.17, 15) is 4.79 Å². The summed E-state index contributed by atoms with van der Waals surface area (Å²) in [4.78, 5) is 11.1. The molecule has 0 aliphatic carbocycles. The number of rotatable bonds is 3. The van der Waals surface area contributed by atoms with Crippen molar-refractivity contribution in [2.24, 2.45) is 5.73 Å². The number of nitrogens with one attached hydrogen (secondary N) is 2. The van der Waals surface area contributed by atoms with Crippen molar-refractivity contribution in [2.45, 2.75) is 0 Å². The number of aromatic nitrogens is 2. The maximum atomic E-state index is 11.1. The number of benzene rings is 1. The lowest BCUT2D eigenvalue weighted by molar-refractivity contribution is 0.100. The second-order valence-electron chi connectivity index (χ2n) is 3.34. The first kappa shape index (κ1) is 10.7. The number of nitriles is 1. The molecule has 6 nitrogen and oxygen atoms in total. The normalized spacial score (nSPS) is 9.59. The molecule has 2 aromatic rings. The van der Waals surface area contributed by atoms with Gasteiger partial charge in [0.2, 0.25) is 0 Å². The summed E-state index contributed by atoms with van der Waals surface area (Å²) in [5.74, 6) is -0.128. The van der Waals surface area contributed by atoms with Crippen LogP contribution in [0.15, 0.2) is 30.5 Å². The number of nitrogens with two attached hydrogens (primary N) is 1. The van der Waals surface area contributed by atoms with Crippen molar-refractivity contribution in [1.29, 1.82) is 5.26 Å². The first-order chi connectivity index (χ1) is 8.20. The molecule has 6 heteroatoms. The van der Waals surface area contributed by atoms with Crippen molar-refractivity contribution < 1.29 is 4.79 Å². The topological polar surface area (TPSA) is 108 Å². The van der Waals surface area contributed by atoms with Gasteiger partial charge in [0, 0.05) is 5.69 Å². The van der Waals surface area contributed by atoms with Crippen LogP contribution < -0.4 is 11.1 Å². The minimum absolute atomic E-state index is 0.286. The van der Waals surface area contributed by atoms with Crippen LogP contribution in [0.4, 0.5) is 11.5 Å². The summed E-state index contributed by atoms with van der Waals surface area (Å²) in [6.07, 6.45) is 1.36. The summed E-state index contributed by atoms with van der Waals surface area (Å²) in [6, 6.07) is 8.81. The van der Waals surface area contributed by atoms with Gasteiger partial charge >= 0.3 is 0 Å². The number of H-pyrrole nitrogens is 1. The van der Waals surface area contributed by atoms with E-state index in [0.29, 0.717) is 11.4 Å². The van der Waals surface area contributed by atoms with E-state index in [4.69, 9.17) is 11.0 Å². The summed E-state index contributed by atoms with van der Waals surface area (Å²) in [5, 5.41) is 18.0. The number of carbonyl (C=O) groups is 1. The van der Waals surface area contributed by atoms with Gasteiger partial charge in [-0.3, -0.25) is 9.89 Å². The van der Waals surface area contributed by atoms with Gasteiger partial charge in [-0.25, -0.2) is 0 Å². The molecule has 0 bridgehead atoms. The molecule has 0 aliphatic rings. The number of carbonyl (C=O) groups excluding carboxylic acids is 1. The molecule has 84 valence electrons. The van der Waals surface area contributed by atoms with Gasteiger partial charge in [0.1, 0.15) is 11.4 Å². The Hall–Kier alpha value is -2.81. The van der Waals surface area contributed by atoms with Crippen LogP contribution in [0.5, 0.6) is 0 Å². The Morgan fingerprint density at radius 3 is 2.71 bits per heavy atom. The Morgan fingerprint density at radius 1 is 1.41 bits per heavy atom. The molecule has 0 fully saturated rings. The number of nitrogens with zero attached hydrogens (tertiary/aromatic N) is 2. The van der Waals surface area contributed by atoms with Gasteiger partial charge in [-0.2, -0.15) is 10.4 Å². The van der Waals surface area contributed by atoms with Gasteiger partial charge in [-0.15, -0.1) is 0 Å². The Morgan fingerprint density at radius 2 is 2.12 bits per heavy atom. The average molecular weight is 227 g/mol. The van der Waals surface area contributed by atoms with Crippen molar-refractivity contribution in [3.63, 3.8) is 0 Å². The largest absolute Gasteiger partial charge is 0.365 e. The predicted octanol–water partition coefficient (Wildman–Crippen LogP) is 1.12. The lowest BCUT2D eigenvalue weighted by Gasteiger charge is -2.04. The van der Waals surface area contributed by atoms with Gasteiger partial charge in [0.05, 0.1) is 17.8 Å². The molecule has 0 atom stereocenters. The summed E-state index contributed by atoms with van der Waals surface area (Å²) in [7, 11) is 0. The van der Waals surface area contributed by atoms with Crippen LogP contribution in [-0.4, -0.2) is 16.1 Å². The van der Waals surface area contributed by atoms with Crippen molar-refractivity contribution in [1.82, 2.24) is 10.2 Å². The standard InChI is InChI=1S/C11H9N5O/c12-5-7-1-3-8(4-2-7)15-11-9(10(13)17)6-14-16-11/h1-4,6H,(H2,13,17)(H2,14,15,16). The van der Waals surface area contributed by atoms with Crippen LogP contribution in [0.25, 0.3) is 0 Å². The first-order valence-corrected chi connectivity index (χ1v) is 4.81. The van der Waals surface area contributed by atoms with Crippen molar-refractivity contribution >= 4 is 17.4 Å². The fourth-order valence-electron chi connectivity index (χ4n) is 1.34. The average Bonchev–Trinajstić information content (AvgIpc) is 2.78. The zero-order valence-electron chi connectivity index (χ0n) is 8.77. The van der Waals surface area contributed by atoms with Crippen molar-refractivity contribution in [3.05, 3.63) is 41.6 Å². The monoisotopic (exact) mass is 227 g/mol. The van der Waals surface area contributed by atoms with Gasteiger partial charge < -0.3 is 11.1 Å². The van der Waals surface area contributed by atoms with E-state index in [0.717, 1.165) is 5.69 Å². The third kappa shape index (κ3) is 2.23. The Labute approximate surface area is 97.1 Å². The minimum Gasteiger partial charge on any atom is -0.365 e. The molecule has 1 heterocycles. The van der Waals surface area contributed by atoms with Gasteiger partial charge in [0.15, 0.2) is 0 Å². The van der Waals surface area contributed by atoms with Crippen LogP contribution in [0.2, 0.25) is 0 Å². The van der Waals surface area contributed by atoms with Crippen LogP contribution in [0.1, 0.15) is 15.9 Å². The van der Waals surface area contributed by atoms with Gasteiger partial charge in [-0.05, 0) is 24.3 Å². The third-order valence-electron chi connectivity index (χ3n) is 2.19. The van der Waals surface area contributed by atoms with Crippen molar-refractivity contribution in [2.75, 3.05) is 5.32 Å². The fourth-order valence-corrected chi connectivity index (χ4v) is 1.34. The second-order valence-corrected chi connectivity index (χ2v) is 3.34. The summed E-state index contributed by atoms with van der Waals surface area (Å²) >= 11 is 0. The number of hydrogen-bond acceptors (Lipinski definition) is 4. The quantitative estimate of drug-likeness (QED) is 0.730. The lowest BCUT2D eigenvalue weighted by Crippen LogP contribution is -2.11. The highest BCUT2D eigenvalue weighted by atomic mass is 16.1. The molecule has 0 spiro atoms. The van der Waals surface area contributed by atoms with Crippen LogP contribution in [-0.2, 0) is 0 Å². The maximum absolute atomic E-state index is 11.1. The lowest BCUT2D eigenvalue weighted by atomic mass is 10.2. The van der Waals surface area contributed by atoms with Crippen LogP contribution in [0, 0.1) is 11.3 Å². The van der Waals surface area contributed by atoms with E-state index < -0.39 is 5.91 Å². The minimum atomic E-state index is -0.560. The van der Waals surface area contributed by atoms with Crippen LogP contribution >= 0.6 is 0 Å². The summed E-state index contributed by atoms with van der Waals surface area (Å²) in [5.41, 5.74) is 6.76. The van der Waals surface area contributed by atoms with E-state index in [-0.39, 0.29) is 5.56 Å². The van der Waals surface area contributed by atoms with Crippen molar-refractivity contribution in [3.8, 4) is 6.07 Å². The van der Waals surface area contributed by atoms with Crippen LogP contribution in [0.3, 0.4) is 0 Å². The SMILES string of the molecule is N#Cc1ccc(Nc2[nH]ncc2C(N)=O)cc1. The van der Waals surface area contributed by atoms with E-state index in [1.807, 2.05) is 6.07 Å². The van der Waals surface area contributed by atoms with E-state index in [1.54, 1.807) is 24.3 Å². The number of primary amides is 1. The molecule has 1 aromatic heterocycles. The van der Waals surface area contributed by atoms with Gasteiger partial charge in [-0.1, -0.05) is 0 Å². The fraction of sp³-hybridized carbons (Fsp3) is 0. The Kier molecular flexibility index (Phi) is 2.75. The van der Waals surface area contributed by atoms with Gasteiger partial charge in [0.25, 0.3) is 5.91 Å². The summed E-state index contributed by atoms with van der Waals surface area (Å²) < 4.78 is 0. The molecule has 1 amide bonds. The highest BCUT2D eigenvalue weighted by molar-refractivity contribution is 5.97. The Balaban J connectivity index is 2.23. The molecule has 0 radical (unpaired) electrons. The van der Waals surface area contributed by atoms with E-state index >= 15 is 0 Å². The van der Waals surface area contributed by atoms with E-state index in [1.165, 1.54) is 6.20 Å². The van der Waals surface area contributed by atoms with E-state index in [2.05, 4.69) is 15.5 Å². The molecule has 4 N–H and O–H groups in total. The Bertz CT molecular complexity index is 579. The number of anilines is 2. The molecule has 1 aromatic carbocycles. The predicted molar refractivity (Wildman–Crippen MR) is 61.5 cm³/mol. The molecule has 0 saturated heterocycles. The highest BCUT2D eigenvalue weighted by Crippen LogP contribution is 2.18. The number of aromatic amines is 1. The highest BCUT2D eigenvalue weighted by Gasteiger charge is 2.10. The number of amides is 1. The zero-order valence-corrected chi connectivity index (χ0v) is 8.77. The molecular weight excluding hydrogens is 218 g/mol. The molecule has 17 heavy (non-hydrogen) atoms. The number of hydrogen-bond donors (Lipinski definition) is 3. The second kappa shape index (κ2) is 4.37. The molecule has 0 saturated carbocycles. The zero-order chi connectivity index (χ0) is 12.3.